The van der Waals surface area contributed by atoms with E-state index in [1.807, 2.05) is 0 Å². The van der Waals surface area contributed by atoms with Crippen molar-refractivity contribution in [3.8, 4) is 5.75 Å². The Bertz CT molecular complexity index is 799. The Morgan fingerprint density at radius 1 is 1.12 bits per heavy atom. The van der Waals surface area contributed by atoms with E-state index in [4.69, 9.17) is 4.74 Å². The number of rotatable bonds is 5. The van der Waals surface area contributed by atoms with Gasteiger partial charge in [0.1, 0.15) is 5.75 Å². The molecular formula is C20H25N3O3. The predicted molar refractivity (Wildman–Crippen MR) is 103 cm³/mol. The number of nitro benzene ring substituents is 1. The Hall–Kier alpha value is -2.60. The summed E-state index contributed by atoms with van der Waals surface area (Å²) in [4.78, 5) is 15.4. The summed E-state index contributed by atoms with van der Waals surface area (Å²) in [6.45, 7) is 8.70. The van der Waals surface area contributed by atoms with Gasteiger partial charge >= 0.3 is 0 Å². The summed E-state index contributed by atoms with van der Waals surface area (Å²) in [5.74, 6) is 0.701. The number of ether oxygens (including phenoxy) is 1. The average molecular weight is 355 g/mol. The number of non-ortho nitro benzene ring substituents is 1. The van der Waals surface area contributed by atoms with Crippen LogP contribution in [-0.2, 0) is 6.54 Å². The quantitative estimate of drug-likeness (QED) is 0.606. The molecule has 6 heteroatoms. The Kier molecular flexibility index (Phi) is 5.42. The zero-order valence-corrected chi connectivity index (χ0v) is 15.6. The second kappa shape index (κ2) is 7.74. The molecule has 0 aromatic heterocycles. The number of anilines is 1. The number of aryl methyl sites for hydroxylation is 1. The van der Waals surface area contributed by atoms with Gasteiger partial charge in [-0.3, -0.25) is 15.0 Å². The van der Waals surface area contributed by atoms with Crippen LogP contribution in [0.25, 0.3) is 0 Å². The van der Waals surface area contributed by atoms with Crippen molar-refractivity contribution in [3.05, 3.63) is 63.2 Å². The van der Waals surface area contributed by atoms with Gasteiger partial charge in [0, 0.05) is 56.1 Å². The number of nitrogens with zero attached hydrogens (tertiary/aromatic N) is 3. The lowest BCUT2D eigenvalue weighted by Gasteiger charge is -2.37. The molecule has 3 rings (SSSR count). The molecule has 0 atom stereocenters. The summed E-state index contributed by atoms with van der Waals surface area (Å²) < 4.78 is 5.38. The van der Waals surface area contributed by atoms with E-state index in [1.165, 1.54) is 22.9 Å². The molecule has 1 saturated heterocycles. The molecule has 0 spiro atoms. The van der Waals surface area contributed by atoms with E-state index in [1.54, 1.807) is 19.2 Å². The van der Waals surface area contributed by atoms with Crippen molar-refractivity contribution < 1.29 is 9.66 Å². The van der Waals surface area contributed by atoms with E-state index in [0.717, 1.165) is 31.7 Å². The third-order valence-electron chi connectivity index (χ3n) is 5.16. The highest BCUT2D eigenvalue weighted by Crippen LogP contribution is 2.27. The normalized spacial score (nSPS) is 15.1. The molecule has 0 amide bonds. The van der Waals surface area contributed by atoms with Crippen molar-refractivity contribution in [2.24, 2.45) is 0 Å². The molecule has 0 N–H and O–H groups in total. The first-order valence-corrected chi connectivity index (χ1v) is 8.84. The zero-order chi connectivity index (χ0) is 18.7. The molecule has 138 valence electrons. The molecule has 0 unspecified atom stereocenters. The highest BCUT2D eigenvalue weighted by atomic mass is 16.6. The average Bonchev–Trinajstić information content (AvgIpc) is 2.64. The van der Waals surface area contributed by atoms with Crippen LogP contribution in [-0.4, -0.2) is 43.1 Å². The van der Waals surface area contributed by atoms with Crippen LogP contribution >= 0.6 is 0 Å². The number of hydrogen-bond donors (Lipinski definition) is 0. The second-order valence-corrected chi connectivity index (χ2v) is 6.74. The lowest BCUT2D eigenvalue weighted by Crippen LogP contribution is -2.46. The third kappa shape index (κ3) is 3.80. The van der Waals surface area contributed by atoms with Crippen molar-refractivity contribution >= 4 is 11.4 Å². The van der Waals surface area contributed by atoms with Gasteiger partial charge in [0.05, 0.1) is 12.0 Å². The van der Waals surface area contributed by atoms with Crippen LogP contribution in [0, 0.1) is 24.0 Å². The van der Waals surface area contributed by atoms with Crippen LogP contribution in [0.2, 0.25) is 0 Å². The molecular weight excluding hydrogens is 330 g/mol. The Morgan fingerprint density at radius 3 is 2.50 bits per heavy atom. The lowest BCUT2D eigenvalue weighted by molar-refractivity contribution is -0.385. The number of methoxy groups -OCH3 is 1. The minimum absolute atomic E-state index is 0.106. The van der Waals surface area contributed by atoms with Gasteiger partial charge in [-0.15, -0.1) is 0 Å². The maximum Gasteiger partial charge on any atom is 0.270 e. The number of benzene rings is 2. The van der Waals surface area contributed by atoms with Gasteiger partial charge < -0.3 is 9.64 Å². The summed E-state index contributed by atoms with van der Waals surface area (Å²) in [6.07, 6.45) is 0. The first-order valence-electron chi connectivity index (χ1n) is 8.84. The van der Waals surface area contributed by atoms with E-state index in [0.29, 0.717) is 12.3 Å². The zero-order valence-electron chi connectivity index (χ0n) is 15.6. The summed E-state index contributed by atoms with van der Waals surface area (Å²) in [7, 11) is 1.60. The molecule has 1 aliphatic rings. The maximum atomic E-state index is 11.0. The standard InChI is InChI=1S/C20H25N3O3/c1-15-5-4-6-19(16(15)2)22-11-9-21(10-12-22)14-17-13-18(23(24)25)7-8-20(17)26-3/h4-8,13H,9-12,14H2,1-3H3. The molecule has 2 aromatic rings. The van der Waals surface area contributed by atoms with Crippen LogP contribution in [0.3, 0.4) is 0 Å². The topological polar surface area (TPSA) is 58.9 Å². The van der Waals surface area contributed by atoms with Gasteiger partial charge in [0.25, 0.3) is 5.69 Å². The maximum absolute atomic E-state index is 11.0. The van der Waals surface area contributed by atoms with Crippen LogP contribution in [0.15, 0.2) is 36.4 Å². The summed E-state index contributed by atoms with van der Waals surface area (Å²) >= 11 is 0. The van der Waals surface area contributed by atoms with Crippen LogP contribution in [0.4, 0.5) is 11.4 Å². The number of hydrogen-bond acceptors (Lipinski definition) is 5. The molecule has 2 aromatic carbocycles. The minimum Gasteiger partial charge on any atom is -0.496 e. The Balaban J connectivity index is 1.68. The van der Waals surface area contributed by atoms with Gasteiger partial charge in [-0.1, -0.05) is 12.1 Å². The molecule has 1 heterocycles. The van der Waals surface area contributed by atoms with Gasteiger partial charge in [0.15, 0.2) is 0 Å². The minimum atomic E-state index is -0.360. The summed E-state index contributed by atoms with van der Waals surface area (Å²) in [5.41, 5.74) is 4.92. The first-order chi connectivity index (χ1) is 12.5. The van der Waals surface area contributed by atoms with Crippen molar-refractivity contribution in [1.29, 1.82) is 0 Å². The van der Waals surface area contributed by atoms with Crippen LogP contribution < -0.4 is 9.64 Å². The van der Waals surface area contributed by atoms with Gasteiger partial charge in [0.2, 0.25) is 0 Å². The van der Waals surface area contributed by atoms with Crippen molar-refractivity contribution in [1.82, 2.24) is 4.90 Å². The van der Waals surface area contributed by atoms with E-state index in [9.17, 15) is 10.1 Å². The van der Waals surface area contributed by atoms with E-state index < -0.39 is 0 Å². The molecule has 1 fully saturated rings. The molecule has 0 bridgehead atoms. The van der Waals surface area contributed by atoms with Crippen LogP contribution in [0.5, 0.6) is 5.75 Å². The molecule has 6 nitrogen and oxygen atoms in total. The van der Waals surface area contributed by atoms with Gasteiger partial charge in [-0.25, -0.2) is 0 Å². The molecule has 1 aliphatic heterocycles. The van der Waals surface area contributed by atoms with E-state index in [-0.39, 0.29) is 10.6 Å². The lowest BCUT2D eigenvalue weighted by atomic mass is 10.1. The van der Waals surface area contributed by atoms with Crippen molar-refractivity contribution in [2.45, 2.75) is 20.4 Å². The number of piperazine rings is 1. The molecule has 26 heavy (non-hydrogen) atoms. The van der Waals surface area contributed by atoms with Crippen LogP contribution in [0.1, 0.15) is 16.7 Å². The fraction of sp³-hybridized carbons (Fsp3) is 0.400. The number of nitro groups is 1. The smallest absolute Gasteiger partial charge is 0.270 e. The Morgan fingerprint density at radius 2 is 1.85 bits per heavy atom. The fourth-order valence-electron chi connectivity index (χ4n) is 3.47. The van der Waals surface area contributed by atoms with E-state index in [2.05, 4.69) is 41.8 Å². The van der Waals surface area contributed by atoms with Crippen molar-refractivity contribution in [3.63, 3.8) is 0 Å². The van der Waals surface area contributed by atoms with Crippen molar-refractivity contribution in [2.75, 3.05) is 38.2 Å². The molecule has 0 saturated carbocycles. The monoisotopic (exact) mass is 355 g/mol. The Labute approximate surface area is 154 Å². The fourth-order valence-corrected chi connectivity index (χ4v) is 3.47. The highest BCUT2D eigenvalue weighted by Gasteiger charge is 2.21. The predicted octanol–water partition coefficient (Wildman–Crippen LogP) is 3.54. The third-order valence-corrected chi connectivity index (χ3v) is 5.16. The summed E-state index contributed by atoms with van der Waals surface area (Å²) in [5, 5.41) is 11.0. The second-order valence-electron chi connectivity index (χ2n) is 6.74. The highest BCUT2D eigenvalue weighted by molar-refractivity contribution is 5.56. The van der Waals surface area contributed by atoms with Gasteiger partial charge in [-0.05, 0) is 37.1 Å². The molecule has 0 radical (unpaired) electrons. The summed E-state index contributed by atoms with van der Waals surface area (Å²) in [6, 6.07) is 11.2. The van der Waals surface area contributed by atoms with E-state index >= 15 is 0 Å². The first kappa shape index (κ1) is 18.2. The SMILES string of the molecule is COc1ccc([N+](=O)[O-])cc1CN1CCN(c2cccc(C)c2C)CC1. The van der Waals surface area contributed by atoms with Gasteiger partial charge in [-0.2, -0.15) is 0 Å². The molecule has 0 aliphatic carbocycles. The largest absolute Gasteiger partial charge is 0.496 e.